The van der Waals surface area contributed by atoms with Crippen LogP contribution in [0.2, 0.25) is 0 Å². The number of hydrogen-bond acceptors (Lipinski definition) is 8. The summed E-state index contributed by atoms with van der Waals surface area (Å²) in [5.41, 5.74) is 0. The summed E-state index contributed by atoms with van der Waals surface area (Å²) < 4.78 is 13.2. The summed E-state index contributed by atoms with van der Waals surface area (Å²) in [5.74, 6) is 0.692. The van der Waals surface area contributed by atoms with E-state index in [-0.39, 0.29) is 33.2 Å². The van der Waals surface area contributed by atoms with Crippen molar-refractivity contribution in [3.8, 4) is 5.75 Å². The highest BCUT2D eigenvalue weighted by atomic mass is 79.9. The van der Waals surface area contributed by atoms with Crippen LogP contribution < -0.4 is 4.74 Å². The van der Waals surface area contributed by atoms with Crippen molar-refractivity contribution in [3.63, 3.8) is 0 Å². The Hall–Kier alpha value is -1.56. The zero-order valence-corrected chi connectivity index (χ0v) is 17.1. The van der Waals surface area contributed by atoms with Gasteiger partial charge < -0.3 is 29.5 Å². The van der Waals surface area contributed by atoms with Crippen LogP contribution in [-0.2, 0) is 9.47 Å². The lowest BCUT2D eigenvalue weighted by atomic mass is 10.3. The molecule has 1 heterocycles. The van der Waals surface area contributed by atoms with E-state index in [4.69, 9.17) is 29.5 Å². The minimum Gasteiger partial charge on any atom is -0.465 e. The minimum atomic E-state index is -1.23. The van der Waals surface area contributed by atoms with E-state index in [0.29, 0.717) is 5.75 Å². The van der Waals surface area contributed by atoms with Crippen LogP contribution >= 0.6 is 15.9 Å². The molecule has 1 fully saturated rings. The lowest BCUT2D eigenvalue weighted by Gasteiger charge is -2.23. The number of nitro groups is 1. The molecule has 156 valence electrons. The highest BCUT2D eigenvalue weighted by Gasteiger charge is 2.43. The van der Waals surface area contributed by atoms with Crippen molar-refractivity contribution < 1.29 is 34.5 Å². The molecule has 27 heavy (non-hydrogen) atoms. The van der Waals surface area contributed by atoms with Crippen LogP contribution in [0.3, 0.4) is 0 Å². The summed E-state index contributed by atoms with van der Waals surface area (Å²) in [6, 6.07) is 9.21. The van der Waals surface area contributed by atoms with Crippen LogP contribution in [0.1, 0.15) is 13.8 Å². The van der Waals surface area contributed by atoms with Crippen LogP contribution in [0.5, 0.6) is 5.75 Å². The van der Waals surface area contributed by atoms with Crippen LogP contribution in [0, 0.1) is 10.1 Å². The number of aliphatic hydroxyl groups is 3. The van der Waals surface area contributed by atoms with E-state index in [2.05, 4.69) is 22.5 Å². The van der Waals surface area contributed by atoms with Crippen LogP contribution in [0.25, 0.3) is 0 Å². The Kier molecular flexibility index (Phi) is 18.3. The zero-order valence-electron chi connectivity index (χ0n) is 15.5. The lowest BCUT2D eigenvalue weighted by molar-refractivity contribution is -0.552. The van der Waals surface area contributed by atoms with Crippen molar-refractivity contribution in [3.05, 3.63) is 53.1 Å². The summed E-state index contributed by atoms with van der Waals surface area (Å²) in [7, 11) is 0. The fourth-order valence-electron chi connectivity index (χ4n) is 1.30. The quantitative estimate of drug-likeness (QED) is 0.157. The number of ether oxygens (including phenoxy) is 3. The van der Waals surface area contributed by atoms with Crippen molar-refractivity contribution in [2.24, 2.45) is 0 Å². The number of allylic oxidation sites excluding steroid dienone is 1. The minimum absolute atomic E-state index is 0.0556. The van der Waals surface area contributed by atoms with E-state index in [1.807, 2.05) is 25.1 Å². The second kappa shape index (κ2) is 17.8. The Labute approximate surface area is 167 Å². The van der Waals surface area contributed by atoms with E-state index < -0.39 is 15.7 Å². The average Bonchev–Trinajstić information content (AvgIpc) is 2.64. The number of rotatable bonds is 4. The van der Waals surface area contributed by atoms with Gasteiger partial charge in [-0.3, -0.25) is 10.1 Å². The molecule has 3 N–H and O–H groups in total. The van der Waals surface area contributed by atoms with Gasteiger partial charge in [0.25, 0.3) is 0 Å². The molecule has 1 aliphatic heterocycles. The molecule has 9 nitrogen and oxygen atoms in total. The van der Waals surface area contributed by atoms with Crippen molar-refractivity contribution >= 4 is 15.9 Å². The SMILES string of the molecule is C=CC.CC(O)Oc1ccccc1.O=[N+]([O-])C1(Br)COCOC1.OCCO. The molecule has 0 aliphatic carbocycles. The zero-order chi connectivity index (χ0) is 21.1. The van der Waals surface area contributed by atoms with Gasteiger partial charge in [-0.05, 0) is 26.0 Å². The van der Waals surface area contributed by atoms with E-state index in [9.17, 15) is 10.1 Å². The maximum atomic E-state index is 10.3. The standard InChI is InChI=1S/C8H10O2.C4H6BrNO4.C3H6.C2H6O2/c1-7(9)10-8-5-3-2-4-6-8;5-4(6(7)8)1-9-3-10-2-4;1-3-2;3-1-2-4/h2-7,9H,1H3;1-3H2;3H,1H2,2H3;3-4H,1-2H2. The number of alkyl halides is 1. The number of aliphatic hydroxyl groups excluding tert-OH is 3. The first-order valence-electron chi connectivity index (χ1n) is 7.94. The van der Waals surface area contributed by atoms with Crippen LogP contribution in [0.15, 0.2) is 43.0 Å². The summed E-state index contributed by atoms with van der Waals surface area (Å²) in [4.78, 5) is 9.82. The Bertz CT molecular complexity index is 479. The van der Waals surface area contributed by atoms with E-state index in [1.54, 1.807) is 25.1 Å². The van der Waals surface area contributed by atoms with Gasteiger partial charge in [-0.25, -0.2) is 0 Å². The smallest absolute Gasteiger partial charge is 0.320 e. The van der Waals surface area contributed by atoms with Gasteiger partial charge in [-0.2, -0.15) is 0 Å². The molecular weight excluding hydrogens is 426 g/mol. The van der Waals surface area contributed by atoms with Gasteiger partial charge >= 0.3 is 4.45 Å². The molecule has 0 aromatic heterocycles. The maximum Gasteiger partial charge on any atom is 0.320 e. The molecule has 1 aromatic carbocycles. The third-order valence-electron chi connectivity index (χ3n) is 2.29. The summed E-state index contributed by atoms with van der Waals surface area (Å²) >= 11 is 2.91. The molecule has 0 amide bonds. The monoisotopic (exact) mass is 453 g/mol. The first-order valence-corrected chi connectivity index (χ1v) is 8.74. The van der Waals surface area contributed by atoms with E-state index in [1.165, 1.54) is 0 Å². The molecule has 0 bridgehead atoms. The summed E-state index contributed by atoms with van der Waals surface area (Å²) in [6.07, 6.45) is 1.02. The van der Waals surface area contributed by atoms with Crippen LogP contribution in [0.4, 0.5) is 0 Å². The van der Waals surface area contributed by atoms with Gasteiger partial charge in [0.05, 0.1) is 13.2 Å². The Morgan fingerprint density at radius 1 is 1.33 bits per heavy atom. The largest absolute Gasteiger partial charge is 0.465 e. The van der Waals surface area contributed by atoms with Gasteiger partial charge in [0.15, 0.2) is 6.29 Å². The molecule has 0 radical (unpaired) electrons. The highest BCUT2D eigenvalue weighted by molar-refractivity contribution is 9.10. The molecule has 1 aliphatic rings. The van der Waals surface area contributed by atoms with Gasteiger partial charge in [0.2, 0.25) is 0 Å². The Balaban J connectivity index is 0. The molecule has 0 saturated carbocycles. The van der Waals surface area contributed by atoms with Crippen molar-refractivity contribution in [1.82, 2.24) is 0 Å². The molecule has 1 saturated heterocycles. The maximum absolute atomic E-state index is 10.3. The van der Waals surface area contributed by atoms with E-state index in [0.717, 1.165) is 0 Å². The van der Waals surface area contributed by atoms with Crippen molar-refractivity contribution in [2.45, 2.75) is 24.6 Å². The van der Waals surface area contributed by atoms with Gasteiger partial charge in [0.1, 0.15) is 25.8 Å². The molecule has 10 heteroatoms. The third-order valence-corrected chi connectivity index (χ3v) is 3.04. The normalized spacial score (nSPS) is 15.2. The average molecular weight is 454 g/mol. The van der Waals surface area contributed by atoms with Crippen molar-refractivity contribution in [2.75, 3.05) is 33.2 Å². The number of nitrogens with zero attached hydrogens (tertiary/aromatic N) is 1. The Morgan fingerprint density at radius 3 is 2.07 bits per heavy atom. The van der Waals surface area contributed by atoms with Gasteiger partial charge in [0, 0.05) is 20.9 Å². The number of hydrogen-bond donors (Lipinski definition) is 3. The van der Waals surface area contributed by atoms with Crippen molar-refractivity contribution in [1.29, 1.82) is 0 Å². The summed E-state index contributed by atoms with van der Waals surface area (Å²) in [5, 5.41) is 34.3. The number of para-hydroxylation sites is 1. The fraction of sp³-hybridized carbons (Fsp3) is 0.529. The lowest BCUT2D eigenvalue weighted by Crippen LogP contribution is -2.45. The molecule has 1 aromatic rings. The van der Waals surface area contributed by atoms with Gasteiger partial charge in [-0.1, -0.05) is 24.3 Å². The molecule has 1 unspecified atom stereocenters. The predicted molar refractivity (Wildman–Crippen MR) is 104 cm³/mol. The first kappa shape index (κ1) is 27.7. The first-order chi connectivity index (χ1) is 12.8. The second-order valence-electron chi connectivity index (χ2n) is 4.88. The topological polar surface area (TPSA) is 132 Å². The summed E-state index contributed by atoms with van der Waals surface area (Å²) in [6.45, 7) is 6.83. The molecule has 1 atom stereocenters. The molecular formula is C17H28BrNO8. The molecule has 0 spiro atoms. The van der Waals surface area contributed by atoms with E-state index >= 15 is 0 Å². The number of halogens is 1. The predicted octanol–water partition coefficient (Wildman–Crippen LogP) is 1.93. The fourth-order valence-corrected chi connectivity index (χ4v) is 1.62. The third kappa shape index (κ3) is 16.3. The highest BCUT2D eigenvalue weighted by Crippen LogP contribution is 2.22. The number of benzene rings is 1. The Morgan fingerprint density at radius 2 is 1.78 bits per heavy atom. The van der Waals surface area contributed by atoms with Crippen LogP contribution in [-0.4, -0.2) is 64.2 Å². The second-order valence-corrected chi connectivity index (χ2v) is 6.35. The molecule has 2 rings (SSSR count). The van der Waals surface area contributed by atoms with Gasteiger partial charge in [-0.15, -0.1) is 6.58 Å².